The van der Waals surface area contributed by atoms with E-state index in [1.807, 2.05) is 0 Å². The fourth-order valence-electron chi connectivity index (χ4n) is 1.00. The second kappa shape index (κ2) is 2.94. The molecule has 0 fully saturated rings. The Morgan fingerprint density at radius 2 is 1.65 bits per heavy atom. The molecule has 0 aromatic heterocycles. The largest absolute Gasteiger partial charge is 0.310 e. The molecule has 0 spiro atoms. The molecule has 10 heteroatoms. The lowest BCUT2D eigenvalue weighted by atomic mass is 10.2. The molecular weight excluding hydrogens is 273 g/mol. The first-order valence-electron chi connectivity index (χ1n) is 3.82. The van der Waals surface area contributed by atoms with Crippen LogP contribution < -0.4 is 0 Å². The molecule has 96 valence electrons. The molecule has 4 nitrogen and oxygen atoms in total. The van der Waals surface area contributed by atoms with Gasteiger partial charge in [-0.15, -0.1) is 0 Å². The molecule has 0 heterocycles. The van der Waals surface area contributed by atoms with Crippen molar-refractivity contribution in [3.05, 3.63) is 33.9 Å². The Kier molecular flexibility index (Phi) is 2.31. The van der Waals surface area contributed by atoms with Crippen LogP contribution in [0.4, 0.5) is 25.1 Å². The Balaban J connectivity index is 3.63. The smallest absolute Gasteiger partial charge is 0.298 e. The van der Waals surface area contributed by atoms with E-state index in [2.05, 4.69) is 0 Å². The number of rotatable bonds is 3. The van der Waals surface area contributed by atoms with Crippen LogP contribution in [0.2, 0.25) is 0 Å². The van der Waals surface area contributed by atoms with Gasteiger partial charge in [-0.2, -0.15) is 0 Å². The van der Waals surface area contributed by atoms with Crippen LogP contribution in [-0.4, -0.2) is 11.2 Å². The SMILES string of the molecule is O=Cc1cc([N+](=O)[O-])cc(S(F)(F)(F)(F)F)c1. The van der Waals surface area contributed by atoms with Crippen molar-refractivity contribution in [2.75, 3.05) is 0 Å². The molecular formula is C7H4F5NO3S. The van der Waals surface area contributed by atoms with E-state index in [1.165, 1.54) is 0 Å². The van der Waals surface area contributed by atoms with Crippen molar-refractivity contribution in [3.63, 3.8) is 0 Å². The lowest BCUT2D eigenvalue weighted by Crippen LogP contribution is -2.07. The van der Waals surface area contributed by atoms with E-state index in [-0.39, 0.29) is 18.4 Å². The highest BCUT2D eigenvalue weighted by atomic mass is 32.5. The third-order valence-electron chi connectivity index (χ3n) is 1.71. The average molecular weight is 277 g/mol. The highest BCUT2D eigenvalue weighted by Gasteiger charge is 2.66. The molecule has 0 aliphatic carbocycles. The van der Waals surface area contributed by atoms with Crippen LogP contribution in [0.25, 0.3) is 0 Å². The van der Waals surface area contributed by atoms with Gasteiger partial charge in [0.15, 0.2) is 0 Å². The van der Waals surface area contributed by atoms with E-state index in [4.69, 9.17) is 0 Å². The molecule has 1 rings (SSSR count). The molecule has 0 bridgehead atoms. The molecule has 0 aliphatic rings. The molecule has 0 amide bonds. The minimum absolute atomic E-state index is 0.123. The average Bonchev–Trinajstić information content (AvgIpc) is 2.13. The second-order valence-electron chi connectivity index (χ2n) is 3.10. The van der Waals surface area contributed by atoms with Crippen molar-refractivity contribution >= 4 is 22.2 Å². The van der Waals surface area contributed by atoms with Gasteiger partial charge in [0, 0.05) is 17.7 Å². The van der Waals surface area contributed by atoms with E-state index in [0.29, 0.717) is 6.07 Å². The maximum atomic E-state index is 12.4. The molecule has 0 saturated heterocycles. The van der Waals surface area contributed by atoms with Gasteiger partial charge in [0.2, 0.25) is 0 Å². The lowest BCUT2D eigenvalue weighted by molar-refractivity contribution is -0.385. The van der Waals surface area contributed by atoms with Crippen molar-refractivity contribution in [3.8, 4) is 0 Å². The monoisotopic (exact) mass is 277 g/mol. The molecule has 0 N–H and O–H groups in total. The number of nitrogens with zero attached hydrogens (tertiary/aromatic N) is 1. The predicted molar refractivity (Wildman–Crippen MR) is 49.9 cm³/mol. The van der Waals surface area contributed by atoms with Crippen LogP contribution in [0.15, 0.2) is 23.1 Å². The van der Waals surface area contributed by atoms with Crippen molar-refractivity contribution in [1.29, 1.82) is 0 Å². The van der Waals surface area contributed by atoms with Crippen molar-refractivity contribution in [1.82, 2.24) is 0 Å². The Labute approximate surface area is 90.9 Å². The van der Waals surface area contributed by atoms with E-state index >= 15 is 0 Å². The number of carbonyl (C=O) groups is 1. The number of carbonyl (C=O) groups excluding carboxylic acids is 1. The third kappa shape index (κ3) is 3.12. The summed E-state index contributed by atoms with van der Waals surface area (Å²) in [5.41, 5.74) is -2.07. The van der Waals surface area contributed by atoms with Gasteiger partial charge < -0.3 is 0 Å². The van der Waals surface area contributed by atoms with Crippen LogP contribution >= 0.6 is 10.2 Å². The first-order chi connectivity index (χ1) is 7.33. The molecule has 1 aromatic rings. The fourth-order valence-corrected chi connectivity index (χ4v) is 1.70. The highest BCUT2D eigenvalue weighted by molar-refractivity contribution is 8.45. The zero-order chi connectivity index (χ0) is 13.5. The maximum Gasteiger partial charge on any atom is 0.310 e. The Morgan fingerprint density at radius 1 is 1.12 bits per heavy atom. The first kappa shape index (κ1) is 13.4. The van der Waals surface area contributed by atoms with Crippen molar-refractivity contribution in [2.45, 2.75) is 4.90 Å². The number of hydrogen-bond donors (Lipinski definition) is 0. The molecule has 0 atom stereocenters. The van der Waals surface area contributed by atoms with Gasteiger partial charge in [0.25, 0.3) is 5.69 Å². The summed E-state index contributed by atoms with van der Waals surface area (Å²) in [6.45, 7) is 0. The minimum atomic E-state index is -10.0. The second-order valence-corrected chi connectivity index (χ2v) is 5.51. The zero-order valence-corrected chi connectivity index (χ0v) is 8.60. The van der Waals surface area contributed by atoms with Gasteiger partial charge in [-0.1, -0.05) is 19.4 Å². The number of nitro groups is 1. The number of nitro benzene ring substituents is 1. The van der Waals surface area contributed by atoms with E-state index in [1.54, 1.807) is 0 Å². The summed E-state index contributed by atoms with van der Waals surface area (Å²) in [5.74, 6) is 0. The lowest BCUT2D eigenvalue weighted by Gasteiger charge is -2.40. The topological polar surface area (TPSA) is 60.2 Å². The minimum Gasteiger partial charge on any atom is -0.298 e. The number of benzene rings is 1. The van der Waals surface area contributed by atoms with Gasteiger partial charge in [0.05, 0.1) is 4.92 Å². The standard InChI is InChI=1S/C7H4F5NO3S/c8-17(9,10,11,12)7-2-5(4-14)1-6(3-7)13(15)16/h1-4H. The van der Waals surface area contributed by atoms with Gasteiger partial charge in [-0.3, -0.25) is 14.9 Å². The quantitative estimate of drug-likeness (QED) is 0.362. The molecule has 0 saturated carbocycles. The zero-order valence-electron chi connectivity index (χ0n) is 7.78. The summed E-state index contributed by atoms with van der Waals surface area (Å²) in [7, 11) is -10.0. The molecule has 0 aliphatic heterocycles. The van der Waals surface area contributed by atoms with Crippen LogP contribution in [0.1, 0.15) is 10.4 Å². The Morgan fingerprint density at radius 3 is 2.00 bits per heavy atom. The summed E-state index contributed by atoms with van der Waals surface area (Å²) in [4.78, 5) is 16.7. The predicted octanol–water partition coefficient (Wildman–Crippen LogP) is 4.06. The van der Waals surface area contributed by atoms with Crippen molar-refractivity contribution < 1.29 is 29.1 Å². The summed E-state index contributed by atoms with van der Waals surface area (Å²) >= 11 is 0. The summed E-state index contributed by atoms with van der Waals surface area (Å²) in [6.07, 6.45) is -0.181. The maximum absolute atomic E-state index is 12.4. The summed E-state index contributed by atoms with van der Waals surface area (Å²) < 4.78 is 61.8. The molecule has 17 heavy (non-hydrogen) atoms. The van der Waals surface area contributed by atoms with Crippen LogP contribution in [-0.2, 0) is 0 Å². The van der Waals surface area contributed by atoms with E-state index < -0.39 is 31.3 Å². The van der Waals surface area contributed by atoms with Gasteiger partial charge in [-0.05, 0) is 6.07 Å². The third-order valence-corrected chi connectivity index (χ3v) is 2.83. The number of halogens is 5. The molecule has 1 aromatic carbocycles. The van der Waals surface area contributed by atoms with Crippen LogP contribution in [0.5, 0.6) is 0 Å². The van der Waals surface area contributed by atoms with Crippen LogP contribution in [0, 0.1) is 10.1 Å². The normalized spacial score (nSPS) is 15.8. The Hall–Kier alpha value is -1.71. The number of non-ortho nitro benzene ring substituents is 1. The number of aldehydes is 1. The number of hydrogen-bond acceptors (Lipinski definition) is 3. The van der Waals surface area contributed by atoms with Gasteiger partial charge >= 0.3 is 10.2 Å². The summed E-state index contributed by atoms with van der Waals surface area (Å²) in [6, 6.07) is 0.0517. The van der Waals surface area contributed by atoms with E-state index in [9.17, 15) is 34.3 Å². The highest BCUT2D eigenvalue weighted by Crippen LogP contribution is 3.02. The summed E-state index contributed by atoms with van der Waals surface area (Å²) in [5, 5.41) is 10.2. The Bertz CT molecular complexity index is 511. The van der Waals surface area contributed by atoms with Crippen molar-refractivity contribution in [2.24, 2.45) is 0 Å². The van der Waals surface area contributed by atoms with E-state index in [0.717, 1.165) is 0 Å². The van der Waals surface area contributed by atoms with Gasteiger partial charge in [-0.25, -0.2) is 0 Å². The van der Waals surface area contributed by atoms with Crippen LogP contribution in [0.3, 0.4) is 0 Å². The van der Waals surface area contributed by atoms with Gasteiger partial charge in [0.1, 0.15) is 11.2 Å². The fraction of sp³-hybridized carbons (Fsp3) is 0. The first-order valence-corrected chi connectivity index (χ1v) is 5.77. The molecule has 0 unspecified atom stereocenters. The molecule has 0 radical (unpaired) electrons.